The first-order valence-electron chi connectivity index (χ1n) is 12.9. The predicted octanol–water partition coefficient (Wildman–Crippen LogP) is 3.65. The smallest absolute Gasteiger partial charge is 0.322 e. The highest BCUT2D eigenvalue weighted by Crippen LogP contribution is 2.40. The fourth-order valence-electron chi connectivity index (χ4n) is 6.10. The van der Waals surface area contributed by atoms with Crippen LogP contribution in [0.2, 0.25) is 10.0 Å². The van der Waals surface area contributed by atoms with Crippen LogP contribution in [-0.2, 0) is 9.59 Å². The van der Waals surface area contributed by atoms with Gasteiger partial charge in [-0.1, -0.05) is 42.1 Å². The molecule has 4 amide bonds. The van der Waals surface area contributed by atoms with E-state index in [9.17, 15) is 14.4 Å². The minimum atomic E-state index is -0.699. The normalized spacial score (nSPS) is 24.4. The van der Waals surface area contributed by atoms with Crippen molar-refractivity contribution in [3.63, 3.8) is 0 Å². The van der Waals surface area contributed by atoms with E-state index in [1.807, 2.05) is 11.8 Å². The molecule has 0 bridgehead atoms. The van der Waals surface area contributed by atoms with Gasteiger partial charge in [0.05, 0.1) is 23.9 Å². The number of hydrogen-bond acceptors (Lipinski definition) is 4. The van der Waals surface area contributed by atoms with Crippen LogP contribution in [0, 0.1) is 0 Å². The Morgan fingerprint density at radius 1 is 1.11 bits per heavy atom. The number of hydrogen-bond donors (Lipinski definition) is 1. The third-order valence-corrected chi connectivity index (χ3v) is 8.69. The molecule has 8 nitrogen and oxygen atoms in total. The number of rotatable bonds is 5. The summed E-state index contributed by atoms with van der Waals surface area (Å²) in [6, 6.07) is 4.06. The zero-order valence-electron chi connectivity index (χ0n) is 20.8. The number of amides is 4. The van der Waals surface area contributed by atoms with Crippen molar-refractivity contribution in [3.8, 4) is 0 Å². The molecule has 2 fully saturated rings. The van der Waals surface area contributed by atoms with Crippen LogP contribution in [0.3, 0.4) is 0 Å². The molecular formula is C26H33Cl2N5O3. The summed E-state index contributed by atoms with van der Waals surface area (Å²) >= 11 is 12.5. The first-order chi connectivity index (χ1) is 17.3. The van der Waals surface area contributed by atoms with Gasteiger partial charge in [-0.3, -0.25) is 19.4 Å². The van der Waals surface area contributed by atoms with Crippen molar-refractivity contribution in [2.45, 2.75) is 57.7 Å². The molecule has 1 N–H and O–H groups in total. The zero-order chi connectivity index (χ0) is 25.6. The topological polar surface area (TPSA) is 76.2 Å². The molecule has 4 aliphatic rings. The van der Waals surface area contributed by atoms with E-state index in [2.05, 4.69) is 10.2 Å². The molecule has 1 saturated carbocycles. The highest BCUT2D eigenvalue weighted by Gasteiger charge is 2.47. The Bertz CT molecular complexity index is 1100. The highest BCUT2D eigenvalue weighted by molar-refractivity contribution is 6.35. The van der Waals surface area contributed by atoms with E-state index >= 15 is 0 Å². The second-order valence-corrected chi connectivity index (χ2v) is 10.9. The monoisotopic (exact) mass is 533 g/mol. The van der Waals surface area contributed by atoms with Crippen molar-refractivity contribution in [3.05, 3.63) is 45.1 Å². The number of carbonyl (C=O) groups excluding carboxylic acids is 3. The van der Waals surface area contributed by atoms with Crippen LogP contribution < -0.4 is 5.32 Å². The molecule has 1 aliphatic carbocycles. The number of benzene rings is 1. The van der Waals surface area contributed by atoms with E-state index in [1.165, 1.54) is 25.7 Å². The predicted molar refractivity (Wildman–Crippen MR) is 139 cm³/mol. The second-order valence-electron chi connectivity index (χ2n) is 10.1. The molecule has 1 saturated heterocycles. The molecule has 0 aromatic heterocycles. The highest BCUT2D eigenvalue weighted by atomic mass is 35.5. The maximum absolute atomic E-state index is 13.8. The van der Waals surface area contributed by atoms with Crippen LogP contribution >= 0.6 is 23.2 Å². The fraction of sp³-hybridized carbons (Fsp3) is 0.577. The van der Waals surface area contributed by atoms with Crippen LogP contribution in [0.15, 0.2) is 29.5 Å². The summed E-state index contributed by atoms with van der Waals surface area (Å²) < 4.78 is 0. The quantitative estimate of drug-likeness (QED) is 0.626. The Labute approximate surface area is 222 Å². The molecule has 36 heavy (non-hydrogen) atoms. The number of nitrogens with zero attached hydrogens (tertiary/aromatic N) is 4. The van der Waals surface area contributed by atoms with E-state index in [0.717, 1.165) is 13.1 Å². The van der Waals surface area contributed by atoms with Gasteiger partial charge in [0.15, 0.2) is 0 Å². The van der Waals surface area contributed by atoms with Crippen molar-refractivity contribution in [2.24, 2.45) is 0 Å². The number of carbonyl (C=O) groups is 3. The lowest BCUT2D eigenvalue weighted by Crippen LogP contribution is -2.56. The van der Waals surface area contributed by atoms with Gasteiger partial charge in [0.2, 0.25) is 5.91 Å². The van der Waals surface area contributed by atoms with E-state index in [0.29, 0.717) is 52.6 Å². The number of piperazine rings is 1. The Morgan fingerprint density at radius 3 is 2.44 bits per heavy atom. The number of halogens is 2. The van der Waals surface area contributed by atoms with Gasteiger partial charge in [-0.25, -0.2) is 4.79 Å². The molecule has 2 atom stereocenters. The molecule has 0 radical (unpaired) electrons. The Morgan fingerprint density at radius 2 is 1.81 bits per heavy atom. The Kier molecular flexibility index (Phi) is 7.21. The maximum Gasteiger partial charge on any atom is 0.322 e. The Hall–Kier alpha value is -2.29. The molecule has 5 rings (SSSR count). The van der Waals surface area contributed by atoms with Gasteiger partial charge in [-0.05, 0) is 44.4 Å². The minimum absolute atomic E-state index is 0.0438. The minimum Gasteiger partial charge on any atom is -0.338 e. The van der Waals surface area contributed by atoms with Crippen LogP contribution in [0.1, 0.15) is 51.1 Å². The summed E-state index contributed by atoms with van der Waals surface area (Å²) in [5.74, 6) is -0.289. The number of nitrogens with one attached hydrogen (secondary N) is 1. The van der Waals surface area contributed by atoms with Gasteiger partial charge in [-0.15, -0.1) is 0 Å². The first kappa shape index (κ1) is 25.4. The molecule has 194 valence electrons. The largest absolute Gasteiger partial charge is 0.338 e. The summed E-state index contributed by atoms with van der Waals surface area (Å²) in [6.07, 6.45) is 5.10. The lowest BCUT2D eigenvalue weighted by Gasteiger charge is -2.40. The van der Waals surface area contributed by atoms with E-state index < -0.39 is 12.1 Å². The van der Waals surface area contributed by atoms with Gasteiger partial charge >= 0.3 is 6.03 Å². The summed E-state index contributed by atoms with van der Waals surface area (Å²) in [7, 11) is 0. The van der Waals surface area contributed by atoms with Crippen LogP contribution in [-0.4, -0.2) is 88.8 Å². The van der Waals surface area contributed by atoms with Gasteiger partial charge in [0, 0.05) is 48.8 Å². The molecule has 0 spiro atoms. The molecule has 0 unspecified atom stereocenters. The SMILES string of the molecule is CCN1C(=O)N[C@H](c2ccc(Cl)cc2Cl)C2=C1CN([C@H](C)C(=O)N1CCN(C3CCCC3)CC1)C2=O. The number of urea groups is 1. The van der Waals surface area contributed by atoms with Crippen LogP contribution in [0.5, 0.6) is 0 Å². The third-order valence-electron chi connectivity index (χ3n) is 8.13. The average Bonchev–Trinajstić information content (AvgIpc) is 3.52. The van der Waals surface area contributed by atoms with Crippen LogP contribution in [0.4, 0.5) is 4.79 Å². The van der Waals surface area contributed by atoms with Gasteiger partial charge in [0.1, 0.15) is 6.04 Å². The molecule has 3 aliphatic heterocycles. The average molecular weight is 534 g/mol. The lowest BCUT2D eigenvalue weighted by molar-refractivity contribution is -0.143. The number of likely N-dealkylation sites (N-methyl/N-ethyl adjacent to an activating group) is 1. The molecule has 3 heterocycles. The van der Waals surface area contributed by atoms with E-state index in [4.69, 9.17) is 23.2 Å². The second kappa shape index (κ2) is 10.2. The van der Waals surface area contributed by atoms with Crippen molar-refractivity contribution >= 4 is 41.0 Å². The van der Waals surface area contributed by atoms with Crippen molar-refractivity contribution < 1.29 is 14.4 Å². The summed E-state index contributed by atoms with van der Waals surface area (Å²) in [5, 5.41) is 3.78. The first-order valence-corrected chi connectivity index (χ1v) is 13.7. The van der Waals surface area contributed by atoms with Gasteiger partial charge < -0.3 is 15.1 Å². The lowest BCUT2D eigenvalue weighted by atomic mass is 9.95. The molecule has 10 heteroatoms. The van der Waals surface area contributed by atoms with E-state index in [-0.39, 0.29) is 24.4 Å². The van der Waals surface area contributed by atoms with Gasteiger partial charge in [-0.2, -0.15) is 0 Å². The molecule has 1 aromatic carbocycles. The zero-order valence-corrected chi connectivity index (χ0v) is 22.3. The molecule has 1 aromatic rings. The summed E-state index contributed by atoms with van der Waals surface area (Å²) in [5.41, 5.74) is 1.70. The summed E-state index contributed by atoms with van der Waals surface area (Å²) in [6.45, 7) is 7.40. The maximum atomic E-state index is 13.8. The van der Waals surface area contributed by atoms with E-state index in [1.54, 1.807) is 34.9 Å². The standard InChI is InChI=1S/C26H33Cl2N5O3/c1-3-32-21-15-33(16(2)24(34)31-12-10-30(11-13-31)18-6-4-5-7-18)25(35)22(21)23(29-26(32)36)19-9-8-17(27)14-20(19)28/h8-9,14,16,18,23H,3-7,10-13,15H2,1-2H3,(H,29,36)/t16-,23-/m1/s1. The Balaban J connectivity index is 1.34. The van der Waals surface area contributed by atoms with Crippen molar-refractivity contribution in [1.82, 2.24) is 24.9 Å². The van der Waals surface area contributed by atoms with Crippen LogP contribution in [0.25, 0.3) is 0 Å². The summed E-state index contributed by atoms with van der Waals surface area (Å²) in [4.78, 5) is 47.8. The fourth-order valence-corrected chi connectivity index (χ4v) is 6.62. The van der Waals surface area contributed by atoms with Gasteiger partial charge in [0.25, 0.3) is 5.91 Å². The third kappa shape index (κ3) is 4.48. The van der Waals surface area contributed by atoms with Crippen molar-refractivity contribution in [2.75, 3.05) is 39.3 Å². The molecular weight excluding hydrogens is 501 g/mol. The van der Waals surface area contributed by atoms with Crippen molar-refractivity contribution in [1.29, 1.82) is 0 Å².